The first-order valence-electron chi connectivity index (χ1n) is 5.57. The maximum Gasteiger partial charge on any atom is 0.307 e. The van der Waals surface area contributed by atoms with Crippen molar-refractivity contribution >= 4 is 24.5 Å². The number of amides is 1. The maximum atomic E-state index is 11.5. The topological polar surface area (TPSA) is 75.6 Å². The molecule has 17 heavy (non-hydrogen) atoms. The van der Waals surface area contributed by atoms with Crippen LogP contribution in [0.1, 0.15) is 27.2 Å². The minimum Gasteiger partial charge on any atom is -0.466 e. The van der Waals surface area contributed by atoms with Crippen molar-refractivity contribution in [2.75, 3.05) is 18.9 Å². The molecule has 1 unspecified atom stereocenters. The minimum absolute atomic E-state index is 0.105. The highest BCUT2D eigenvalue weighted by Crippen LogP contribution is 2.22. The summed E-state index contributed by atoms with van der Waals surface area (Å²) >= 11 is 4.07. The van der Waals surface area contributed by atoms with Gasteiger partial charge in [-0.05, 0) is 12.7 Å². The van der Waals surface area contributed by atoms with E-state index in [0.29, 0.717) is 12.4 Å². The van der Waals surface area contributed by atoms with Crippen molar-refractivity contribution in [2.45, 2.75) is 33.3 Å². The first-order valence-corrected chi connectivity index (χ1v) is 6.20. The molecule has 0 aliphatic carbocycles. The Balaban J connectivity index is 3.99. The predicted octanol–water partition coefficient (Wildman–Crippen LogP) is 0.373. The van der Waals surface area contributed by atoms with Gasteiger partial charge in [-0.2, -0.15) is 12.6 Å². The molecule has 0 heterocycles. The summed E-state index contributed by atoms with van der Waals surface area (Å²) < 4.78 is 4.71. The number of hydrogen-bond acceptors (Lipinski definition) is 5. The molecule has 1 amide bonds. The first-order chi connectivity index (χ1) is 7.85. The van der Waals surface area contributed by atoms with E-state index in [-0.39, 0.29) is 18.9 Å². The van der Waals surface area contributed by atoms with Crippen molar-refractivity contribution in [3.63, 3.8) is 0 Å². The van der Waals surface area contributed by atoms with E-state index in [1.165, 1.54) is 0 Å². The smallest absolute Gasteiger partial charge is 0.307 e. The van der Waals surface area contributed by atoms with Gasteiger partial charge in [-0.1, -0.05) is 13.8 Å². The fraction of sp³-hybridized carbons (Fsp3) is 0.818. The van der Waals surface area contributed by atoms with Gasteiger partial charge < -0.3 is 15.2 Å². The number of aliphatic hydroxyl groups is 1. The normalized spacial score (nSPS) is 13.0. The number of nitrogens with one attached hydrogen (secondary N) is 1. The predicted molar refractivity (Wildman–Crippen MR) is 67.9 cm³/mol. The second-order valence-corrected chi connectivity index (χ2v) is 4.71. The lowest BCUT2D eigenvalue weighted by molar-refractivity contribution is -0.143. The Bertz CT molecular complexity index is 268. The number of thiol groups is 1. The highest BCUT2D eigenvalue weighted by molar-refractivity contribution is 7.80. The molecule has 0 rings (SSSR count). The van der Waals surface area contributed by atoms with Crippen LogP contribution in [0.5, 0.6) is 0 Å². The molecular weight excluding hydrogens is 242 g/mol. The van der Waals surface area contributed by atoms with Crippen LogP contribution in [0.2, 0.25) is 0 Å². The van der Waals surface area contributed by atoms with Crippen LogP contribution in [0.3, 0.4) is 0 Å². The third-order valence-corrected chi connectivity index (χ3v) is 3.14. The third-order valence-electron chi connectivity index (χ3n) is 2.33. The second-order valence-electron chi connectivity index (χ2n) is 4.40. The van der Waals surface area contributed by atoms with Gasteiger partial charge in [0.05, 0.1) is 13.0 Å². The number of carbonyl (C=O) groups excluding carboxylic acids is 2. The Kier molecular flexibility index (Phi) is 7.22. The molecule has 0 aliphatic rings. The number of rotatable bonds is 7. The van der Waals surface area contributed by atoms with E-state index in [0.717, 1.165) is 0 Å². The number of carbonyl (C=O) groups is 2. The molecule has 0 saturated carbocycles. The molecule has 0 aromatic carbocycles. The van der Waals surface area contributed by atoms with Crippen molar-refractivity contribution < 1.29 is 19.4 Å². The molecule has 0 aliphatic heterocycles. The van der Waals surface area contributed by atoms with Gasteiger partial charge in [-0.25, -0.2) is 0 Å². The lowest BCUT2D eigenvalue weighted by Gasteiger charge is -2.27. The van der Waals surface area contributed by atoms with Crippen molar-refractivity contribution in [3.05, 3.63) is 0 Å². The molecule has 6 heteroatoms. The van der Waals surface area contributed by atoms with Crippen LogP contribution in [0, 0.1) is 5.41 Å². The standard InChI is InChI=1S/C11H21NO4S/c1-4-16-8(13)5-6-12-10(15)9(14)11(2,3)7-17/h9,14,17H,4-7H2,1-3H3,(H,12,15). The highest BCUT2D eigenvalue weighted by atomic mass is 32.1. The highest BCUT2D eigenvalue weighted by Gasteiger charge is 2.32. The SMILES string of the molecule is CCOC(=O)CCNC(=O)C(O)C(C)(C)CS. The van der Waals surface area contributed by atoms with Crippen LogP contribution in [-0.4, -0.2) is 42.0 Å². The van der Waals surface area contributed by atoms with Gasteiger partial charge in [-0.15, -0.1) is 0 Å². The largest absolute Gasteiger partial charge is 0.466 e. The van der Waals surface area contributed by atoms with Gasteiger partial charge in [0.15, 0.2) is 0 Å². The van der Waals surface area contributed by atoms with Gasteiger partial charge in [0.2, 0.25) is 5.91 Å². The lowest BCUT2D eigenvalue weighted by atomic mass is 9.88. The molecule has 0 aromatic rings. The average Bonchev–Trinajstić information content (AvgIpc) is 2.28. The van der Waals surface area contributed by atoms with Gasteiger partial charge >= 0.3 is 5.97 Å². The van der Waals surface area contributed by atoms with Gasteiger partial charge in [0, 0.05) is 12.0 Å². The van der Waals surface area contributed by atoms with E-state index < -0.39 is 17.4 Å². The zero-order valence-electron chi connectivity index (χ0n) is 10.5. The van der Waals surface area contributed by atoms with E-state index >= 15 is 0 Å². The van der Waals surface area contributed by atoms with Gasteiger partial charge in [0.25, 0.3) is 0 Å². The molecule has 1 atom stereocenters. The summed E-state index contributed by atoms with van der Waals surface area (Å²) in [6.45, 7) is 5.69. The number of aliphatic hydroxyl groups excluding tert-OH is 1. The summed E-state index contributed by atoms with van der Waals surface area (Å²) in [6, 6.07) is 0. The average molecular weight is 263 g/mol. The van der Waals surface area contributed by atoms with Crippen molar-refractivity contribution in [2.24, 2.45) is 5.41 Å². The van der Waals surface area contributed by atoms with Crippen LogP contribution in [0.25, 0.3) is 0 Å². The van der Waals surface area contributed by atoms with Crippen LogP contribution in [0.4, 0.5) is 0 Å². The molecule has 2 N–H and O–H groups in total. The van der Waals surface area contributed by atoms with Crippen LogP contribution in [0.15, 0.2) is 0 Å². The van der Waals surface area contributed by atoms with Crippen molar-refractivity contribution in [3.8, 4) is 0 Å². The Labute approximate surface area is 107 Å². The van der Waals surface area contributed by atoms with E-state index in [9.17, 15) is 14.7 Å². The first kappa shape index (κ1) is 16.2. The minimum atomic E-state index is -1.14. The number of hydrogen-bond donors (Lipinski definition) is 3. The molecule has 0 saturated heterocycles. The lowest BCUT2D eigenvalue weighted by Crippen LogP contribution is -2.45. The van der Waals surface area contributed by atoms with Crippen LogP contribution in [-0.2, 0) is 14.3 Å². The van der Waals surface area contributed by atoms with Crippen LogP contribution < -0.4 is 5.32 Å². The fourth-order valence-corrected chi connectivity index (χ4v) is 1.23. The summed E-state index contributed by atoms with van der Waals surface area (Å²) in [5.41, 5.74) is -0.600. The van der Waals surface area contributed by atoms with Gasteiger partial charge in [0.1, 0.15) is 6.10 Å². The van der Waals surface area contributed by atoms with E-state index in [1.807, 2.05) is 0 Å². The summed E-state index contributed by atoms with van der Waals surface area (Å²) in [6.07, 6.45) is -1.03. The molecule has 5 nitrogen and oxygen atoms in total. The Morgan fingerprint density at radius 2 is 2.06 bits per heavy atom. The molecular formula is C11H21NO4S. The van der Waals surface area contributed by atoms with Crippen molar-refractivity contribution in [1.29, 1.82) is 0 Å². The Hall–Kier alpha value is -0.750. The van der Waals surface area contributed by atoms with Gasteiger partial charge in [-0.3, -0.25) is 9.59 Å². The van der Waals surface area contributed by atoms with Crippen molar-refractivity contribution in [1.82, 2.24) is 5.32 Å². The summed E-state index contributed by atoms with van der Waals surface area (Å²) in [5, 5.41) is 12.2. The Morgan fingerprint density at radius 1 is 1.47 bits per heavy atom. The number of ether oxygens (including phenoxy) is 1. The molecule has 0 aromatic heterocycles. The molecule has 0 spiro atoms. The zero-order valence-corrected chi connectivity index (χ0v) is 11.4. The second kappa shape index (κ2) is 7.55. The Morgan fingerprint density at radius 3 is 2.53 bits per heavy atom. The molecule has 0 radical (unpaired) electrons. The molecule has 0 fully saturated rings. The van der Waals surface area contributed by atoms with E-state index in [4.69, 9.17) is 4.74 Å². The fourth-order valence-electron chi connectivity index (χ4n) is 1.06. The summed E-state index contributed by atoms with van der Waals surface area (Å²) in [4.78, 5) is 22.5. The van der Waals surface area contributed by atoms with E-state index in [1.54, 1.807) is 20.8 Å². The maximum absolute atomic E-state index is 11.5. The summed E-state index contributed by atoms with van der Waals surface area (Å²) in [5.74, 6) is -0.469. The molecule has 0 bridgehead atoms. The quantitative estimate of drug-likeness (QED) is 0.458. The van der Waals surface area contributed by atoms with E-state index in [2.05, 4.69) is 17.9 Å². The monoisotopic (exact) mass is 263 g/mol. The number of esters is 1. The summed E-state index contributed by atoms with van der Waals surface area (Å²) in [7, 11) is 0. The third kappa shape index (κ3) is 5.93. The van der Waals surface area contributed by atoms with Crippen LogP contribution >= 0.6 is 12.6 Å². The molecule has 100 valence electrons. The zero-order chi connectivity index (χ0) is 13.5.